The highest BCUT2D eigenvalue weighted by Crippen LogP contribution is 2.19. The molecule has 2 unspecified atom stereocenters. The molecule has 0 aromatic carbocycles. The van der Waals surface area contributed by atoms with Crippen molar-refractivity contribution >= 4 is 11.9 Å². The molecule has 1 fully saturated rings. The zero-order chi connectivity index (χ0) is 14.4. The number of esters is 2. The molecule has 1 saturated heterocycles. The standard InChI is InChI=1S/C14H20O5/c1-9(2)7-12(15)18-11-5-6-17-14(11)19-13(16)8-10(3)4/h7-8,11,14H,5-6H2,1-4H3. The van der Waals surface area contributed by atoms with Crippen LogP contribution in [0.2, 0.25) is 0 Å². The highest BCUT2D eigenvalue weighted by Gasteiger charge is 2.34. The van der Waals surface area contributed by atoms with E-state index in [9.17, 15) is 9.59 Å². The summed E-state index contributed by atoms with van der Waals surface area (Å²) < 4.78 is 15.6. The third kappa shape index (κ3) is 5.70. The van der Waals surface area contributed by atoms with Gasteiger partial charge in [-0.3, -0.25) is 0 Å². The number of carbonyl (C=O) groups is 2. The monoisotopic (exact) mass is 268 g/mol. The molecule has 1 aliphatic rings. The Labute approximate surface area is 113 Å². The minimum Gasteiger partial charge on any atom is -0.452 e. The Morgan fingerprint density at radius 1 is 1.00 bits per heavy atom. The van der Waals surface area contributed by atoms with E-state index in [2.05, 4.69) is 0 Å². The van der Waals surface area contributed by atoms with Crippen molar-refractivity contribution in [3.8, 4) is 0 Å². The predicted octanol–water partition coefficient (Wildman–Crippen LogP) is 2.12. The first-order valence-corrected chi connectivity index (χ1v) is 6.21. The summed E-state index contributed by atoms with van der Waals surface area (Å²) in [7, 11) is 0. The summed E-state index contributed by atoms with van der Waals surface area (Å²) in [5.74, 6) is -0.936. The van der Waals surface area contributed by atoms with Crippen LogP contribution in [-0.4, -0.2) is 30.9 Å². The first kappa shape index (κ1) is 15.4. The van der Waals surface area contributed by atoms with Crippen LogP contribution >= 0.6 is 0 Å². The maximum absolute atomic E-state index is 11.5. The molecular formula is C14H20O5. The summed E-state index contributed by atoms with van der Waals surface area (Å²) in [4.78, 5) is 23.0. The Morgan fingerprint density at radius 2 is 1.53 bits per heavy atom. The lowest BCUT2D eigenvalue weighted by molar-refractivity contribution is -0.185. The second kappa shape index (κ2) is 7.09. The lowest BCUT2D eigenvalue weighted by Gasteiger charge is -2.18. The summed E-state index contributed by atoms with van der Waals surface area (Å²) in [6, 6.07) is 0. The van der Waals surface area contributed by atoms with Gasteiger partial charge in [0.2, 0.25) is 6.29 Å². The zero-order valence-corrected chi connectivity index (χ0v) is 11.8. The van der Waals surface area contributed by atoms with Gasteiger partial charge in [0.15, 0.2) is 6.10 Å². The van der Waals surface area contributed by atoms with E-state index in [0.29, 0.717) is 13.0 Å². The number of ether oxygens (including phenoxy) is 3. The molecule has 0 saturated carbocycles. The van der Waals surface area contributed by atoms with E-state index in [1.165, 1.54) is 12.2 Å². The third-order valence-corrected chi connectivity index (χ3v) is 2.30. The summed E-state index contributed by atoms with van der Waals surface area (Å²) in [6.07, 6.45) is 1.93. The first-order chi connectivity index (χ1) is 8.88. The molecule has 0 radical (unpaired) electrons. The van der Waals surface area contributed by atoms with E-state index in [1.54, 1.807) is 27.7 Å². The van der Waals surface area contributed by atoms with Crippen molar-refractivity contribution in [1.82, 2.24) is 0 Å². The molecule has 1 aliphatic heterocycles. The van der Waals surface area contributed by atoms with Crippen molar-refractivity contribution < 1.29 is 23.8 Å². The Balaban J connectivity index is 2.55. The molecular weight excluding hydrogens is 248 g/mol. The fourth-order valence-electron chi connectivity index (χ4n) is 1.57. The Hall–Kier alpha value is -1.62. The van der Waals surface area contributed by atoms with E-state index in [1.807, 2.05) is 0 Å². The van der Waals surface area contributed by atoms with Crippen LogP contribution in [0.25, 0.3) is 0 Å². The highest BCUT2D eigenvalue weighted by molar-refractivity contribution is 5.83. The molecule has 106 valence electrons. The molecule has 0 aromatic heterocycles. The minimum absolute atomic E-state index is 0.402. The molecule has 0 amide bonds. The van der Waals surface area contributed by atoms with Crippen LogP contribution in [0.3, 0.4) is 0 Å². The molecule has 0 spiro atoms. The number of hydrogen-bond donors (Lipinski definition) is 0. The second-order valence-corrected chi connectivity index (χ2v) is 4.88. The number of allylic oxidation sites excluding steroid dienone is 2. The van der Waals surface area contributed by atoms with Gasteiger partial charge in [0.05, 0.1) is 6.61 Å². The van der Waals surface area contributed by atoms with Gasteiger partial charge in [-0.15, -0.1) is 0 Å². The van der Waals surface area contributed by atoms with Gasteiger partial charge in [-0.2, -0.15) is 0 Å². The van der Waals surface area contributed by atoms with Gasteiger partial charge in [-0.05, 0) is 27.7 Å². The summed E-state index contributed by atoms with van der Waals surface area (Å²) >= 11 is 0. The molecule has 0 N–H and O–H groups in total. The van der Waals surface area contributed by atoms with Crippen molar-refractivity contribution in [3.05, 3.63) is 23.3 Å². The van der Waals surface area contributed by atoms with E-state index in [4.69, 9.17) is 14.2 Å². The van der Waals surface area contributed by atoms with Crippen LogP contribution in [-0.2, 0) is 23.8 Å². The molecule has 5 nitrogen and oxygen atoms in total. The van der Waals surface area contributed by atoms with Gasteiger partial charge >= 0.3 is 11.9 Å². The summed E-state index contributed by atoms with van der Waals surface area (Å²) in [5.41, 5.74) is 1.68. The molecule has 5 heteroatoms. The fraction of sp³-hybridized carbons (Fsp3) is 0.571. The van der Waals surface area contributed by atoms with Gasteiger partial charge in [0.1, 0.15) is 0 Å². The smallest absolute Gasteiger partial charge is 0.333 e. The number of hydrogen-bond acceptors (Lipinski definition) is 5. The molecule has 19 heavy (non-hydrogen) atoms. The van der Waals surface area contributed by atoms with E-state index in [0.717, 1.165) is 11.1 Å². The lowest BCUT2D eigenvalue weighted by Crippen LogP contribution is -2.31. The summed E-state index contributed by atoms with van der Waals surface area (Å²) in [5, 5.41) is 0. The van der Waals surface area contributed by atoms with E-state index >= 15 is 0 Å². The maximum Gasteiger partial charge on any atom is 0.333 e. The topological polar surface area (TPSA) is 61.8 Å². The highest BCUT2D eigenvalue weighted by atomic mass is 16.7. The summed E-state index contributed by atoms with van der Waals surface area (Å²) in [6.45, 7) is 7.60. The average molecular weight is 268 g/mol. The van der Waals surface area contributed by atoms with E-state index < -0.39 is 24.3 Å². The molecule has 0 aliphatic carbocycles. The van der Waals surface area contributed by atoms with Crippen LogP contribution < -0.4 is 0 Å². The second-order valence-electron chi connectivity index (χ2n) is 4.88. The Morgan fingerprint density at radius 3 is 2.05 bits per heavy atom. The van der Waals surface area contributed by atoms with Crippen LogP contribution in [0, 0.1) is 0 Å². The predicted molar refractivity (Wildman–Crippen MR) is 69.2 cm³/mol. The van der Waals surface area contributed by atoms with Crippen molar-refractivity contribution in [2.75, 3.05) is 6.61 Å². The van der Waals surface area contributed by atoms with Crippen molar-refractivity contribution in [2.45, 2.75) is 46.5 Å². The van der Waals surface area contributed by atoms with Gasteiger partial charge in [0, 0.05) is 18.6 Å². The molecule has 1 rings (SSSR count). The fourth-order valence-corrected chi connectivity index (χ4v) is 1.57. The molecule has 1 heterocycles. The van der Waals surface area contributed by atoms with Crippen molar-refractivity contribution in [3.63, 3.8) is 0 Å². The largest absolute Gasteiger partial charge is 0.452 e. The van der Waals surface area contributed by atoms with Gasteiger partial charge in [-0.1, -0.05) is 11.1 Å². The molecule has 0 bridgehead atoms. The molecule has 2 atom stereocenters. The van der Waals surface area contributed by atoms with Crippen LogP contribution in [0.1, 0.15) is 34.1 Å². The van der Waals surface area contributed by atoms with Crippen LogP contribution in [0.5, 0.6) is 0 Å². The SMILES string of the molecule is CC(C)=CC(=O)OC1CCOC1OC(=O)C=C(C)C. The maximum atomic E-state index is 11.5. The number of carbonyl (C=O) groups excluding carboxylic acids is 2. The Bertz CT molecular complexity index is 362. The van der Waals surface area contributed by atoms with Crippen LogP contribution in [0.4, 0.5) is 0 Å². The third-order valence-electron chi connectivity index (χ3n) is 2.30. The normalized spacial score (nSPS) is 21.5. The molecule has 0 aromatic rings. The average Bonchev–Trinajstić information content (AvgIpc) is 2.62. The lowest BCUT2D eigenvalue weighted by atomic mass is 10.3. The van der Waals surface area contributed by atoms with Crippen LogP contribution in [0.15, 0.2) is 23.3 Å². The number of rotatable bonds is 4. The van der Waals surface area contributed by atoms with Crippen molar-refractivity contribution in [1.29, 1.82) is 0 Å². The van der Waals surface area contributed by atoms with Gasteiger partial charge in [0.25, 0.3) is 0 Å². The van der Waals surface area contributed by atoms with Gasteiger partial charge < -0.3 is 14.2 Å². The van der Waals surface area contributed by atoms with Crippen molar-refractivity contribution in [2.24, 2.45) is 0 Å². The quantitative estimate of drug-likeness (QED) is 0.577. The minimum atomic E-state index is -0.822. The zero-order valence-electron chi connectivity index (χ0n) is 11.8. The van der Waals surface area contributed by atoms with E-state index in [-0.39, 0.29) is 0 Å². The van der Waals surface area contributed by atoms with Gasteiger partial charge in [-0.25, -0.2) is 9.59 Å². The first-order valence-electron chi connectivity index (χ1n) is 6.21. The Kier molecular flexibility index (Phi) is 5.76.